The van der Waals surface area contributed by atoms with Crippen molar-refractivity contribution < 1.29 is 22.7 Å². The first-order chi connectivity index (χ1) is 17.4. The maximum Gasteiger partial charge on any atom is 0.264 e. The molecule has 0 aromatic heterocycles. The van der Waals surface area contributed by atoms with E-state index in [1.165, 1.54) is 12.1 Å². The zero-order chi connectivity index (χ0) is 25.5. The quantitative estimate of drug-likeness (QED) is 0.447. The Morgan fingerprint density at radius 3 is 2.17 bits per heavy atom. The van der Waals surface area contributed by atoms with Gasteiger partial charge < -0.3 is 19.7 Å². The Kier molecular flexibility index (Phi) is 8.00. The van der Waals surface area contributed by atoms with Crippen LogP contribution in [-0.4, -0.2) is 47.2 Å². The van der Waals surface area contributed by atoms with Crippen molar-refractivity contribution in [2.45, 2.75) is 25.3 Å². The van der Waals surface area contributed by atoms with Crippen LogP contribution in [0.5, 0.6) is 11.5 Å². The monoisotopic (exact) mass is 509 g/mol. The highest BCUT2D eigenvalue weighted by Gasteiger charge is 2.28. The molecule has 4 rings (SSSR count). The van der Waals surface area contributed by atoms with Crippen molar-refractivity contribution in [1.82, 2.24) is 5.32 Å². The van der Waals surface area contributed by atoms with E-state index in [4.69, 9.17) is 9.47 Å². The normalized spacial score (nSPS) is 12.6. The van der Waals surface area contributed by atoms with Gasteiger partial charge in [0.05, 0.1) is 10.6 Å². The highest BCUT2D eigenvalue weighted by Crippen LogP contribution is 2.35. The van der Waals surface area contributed by atoms with Crippen LogP contribution in [0.1, 0.15) is 19.4 Å². The highest BCUT2D eigenvalue weighted by atomic mass is 32.2. The first-order valence-corrected chi connectivity index (χ1v) is 13.4. The summed E-state index contributed by atoms with van der Waals surface area (Å²) in [6.07, 6.45) is 0. The molecule has 1 heterocycles. The van der Waals surface area contributed by atoms with Crippen LogP contribution in [0.2, 0.25) is 0 Å². The predicted octanol–water partition coefficient (Wildman–Crippen LogP) is 3.82. The number of nitrogens with zero attached hydrogens (tertiary/aromatic N) is 2. The number of sulfonamides is 1. The summed E-state index contributed by atoms with van der Waals surface area (Å²) in [5.41, 5.74) is 2.37. The number of nitrogens with one attached hydrogen (secondary N) is 1. The van der Waals surface area contributed by atoms with Crippen molar-refractivity contribution in [2.24, 2.45) is 0 Å². The van der Waals surface area contributed by atoms with Crippen LogP contribution in [0.3, 0.4) is 0 Å². The minimum absolute atomic E-state index is 0.0969. The number of hydrogen-bond acceptors (Lipinski definition) is 6. The van der Waals surface area contributed by atoms with Gasteiger partial charge in [0, 0.05) is 31.4 Å². The molecule has 0 bridgehead atoms. The Labute approximate surface area is 212 Å². The topological polar surface area (TPSA) is 88.2 Å². The molecule has 0 saturated heterocycles. The average Bonchev–Trinajstić information content (AvgIpc) is 2.92. The molecule has 36 heavy (non-hydrogen) atoms. The summed E-state index contributed by atoms with van der Waals surface area (Å²) >= 11 is 0. The molecule has 1 aliphatic rings. The molecular formula is C27H31N3O5S. The fourth-order valence-corrected chi connectivity index (χ4v) is 5.46. The Hall–Kier alpha value is -3.72. The molecule has 9 heteroatoms. The summed E-state index contributed by atoms with van der Waals surface area (Å²) in [7, 11) is -4.01. The lowest BCUT2D eigenvalue weighted by Gasteiger charge is -2.26. The number of benzene rings is 3. The molecular weight excluding hydrogens is 478 g/mol. The van der Waals surface area contributed by atoms with E-state index in [9.17, 15) is 13.2 Å². The number of amides is 1. The number of hydrogen-bond donors (Lipinski definition) is 1. The smallest absolute Gasteiger partial charge is 0.264 e. The summed E-state index contributed by atoms with van der Waals surface area (Å²) in [6.45, 7) is 6.75. The van der Waals surface area contributed by atoms with Crippen molar-refractivity contribution in [3.8, 4) is 11.5 Å². The number of carbonyl (C=O) groups is 1. The fourth-order valence-electron chi connectivity index (χ4n) is 4.02. The van der Waals surface area contributed by atoms with Crippen LogP contribution in [-0.2, 0) is 21.4 Å². The second kappa shape index (κ2) is 11.3. The standard InChI is InChI=1S/C27H31N3O5S/c1-3-29(4-2)22-12-10-21(11-13-22)19-28-27(31)20-30(36(32,33)24-8-6-5-7-9-24)23-14-15-25-26(18-23)35-17-16-34-25/h5-15,18H,3-4,16-17,19-20H2,1-2H3,(H,28,31). The molecule has 190 valence electrons. The van der Waals surface area contributed by atoms with Gasteiger partial charge in [-0.3, -0.25) is 9.10 Å². The fraction of sp³-hybridized carbons (Fsp3) is 0.296. The molecule has 0 spiro atoms. The van der Waals surface area contributed by atoms with E-state index in [1.54, 1.807) is 36.4 Å². The van der Waals surface area contributed by atoms with E-state index in [1.807, 2.05) is 24.3 Å². The maximum atomic E-state index is 13.5. The van der Waals surface area contributed by atoms with Crippen LogP contribution < -0.4 is 24.0 Å². The Bertz CT molecular complexity index is 1280. The Balaban J connectivity index is 1.53. The van der Waals surface area contributed by atoms with Crippen LogP contribution in [0, 0.1) is 0 Å². The predicted molar refractivity (Wildman–Crippen MR) is 140 cm³/mol. The van der Waals surface area contributed by atoms with Gasteiger partial charge in [0.25, 0.3) is 10.0 Å². The van der Waals surface area contributed by atoms with Crippen LogP contribution >= 0.6 is 0 Å². The minimum atomic E-state index is -4.01. The molecule has 8 nitrogen and oxygen atoms in total. The zero-order valence-electron chi connectivity index (χ0n) is 20.5. The molecule has 0 radical (unpaired) electrons. The van der Waals surface area contributed by atoms with Gasteiger partial charge in [-0.05, 0) is 55.8 Å². The zero-order valence-corrected chi connectivity index (χ0v) is 21.3. The third kappa shape index (κ3) is 5.73. The van der Waals surface area contributed by atoms with Crippen molar-refractivity contribution in [3.05, 3.63) is 78.4 Å². The second-order valence-corrected chi connectivity index (χ2v) is 10.1. The maximum absolute atomic E-state index is 13.5. The van der Waals surface area contributed by atoms with Crippen molar-refractivity contribution >= 4 is 27.3 Å². The molecule has 1 N–H and O–H groups in total. The van der Waals surface area contributed by atoms with Gasteiger partial charge in [0.1, 0.15) is 19.8 Å². The van der Waals surface area contributed by atoms with Gasteiger partial charge in [-0.15, -0.1) is 0 Å². The van der Waals surface area contributed by atoms with E-state index < -0.39 is 15.9 Å². The number of carbonyl (C=O) groups excluding carboxylic acids is 1. The van der Waals surface area contributed by atoms with E-state index in [0.29, 0.717) is 30.4 Å². The number of rotatable bonds is 10. The minimum Gasteiger partial charge on any atom is -0.486 e. The molecule has 0 atom stereocenters. The van der Waals surface area contributed by atoms with E-state index in [2.05, 4.69) is 24.1 Å². The first-order valence-electron chi connectivity index (χ1n) is 12.0. The van der Waals surface area contributed by atoms with Crippen LogP contribution in [0.25, 0.3) is 0 Å². The number of fused-ring (bicyclic) bond motifs is 1. The number of ether oxygens (including phenoxy) is 2. The largest absolute Gasteiger partial charge is 0.486 e. The van der Waals surface area contributed by atoms with Crippen LogP contribution in [0.4, 0.5) is 11.4 Å². The SMILES string of the molecule is CCN(CC)c1ccc(CNC(=O)CN(c2ccc3c(c2)OCCO3)S(=O)(=O)c2ccccc2)cc1. The number of anilines is 2. The molecule has 3 aromatic rings. The Morgan fingerprint density at radius 2 is 1.50 bits per heavy atom. The average molecular weight is 510 g/mol. The lowest BCUT2D eigenvalue weighted by atomic mass is 10.2. The van der Waals surface area contributed by atoms with E-state index in [0.717, 1.165) is 28.6 Å². The molecule has 0 saturated carbocycles. The second-order valence-electron chi connectivity index (χ2n) is 8.27. The van der Waals surface area contributed by atoms with Gasteiger partial charge in [0.2, 0.25) is 5.91 Å². The molecule has 1 amide bonds. The van der Waals surface area contributed by atoms with Gasteiger partial charge in [-0.25, -0.2) is 8.42 Å². The molecule has 0 aliphatic carbocycles. The van der Waals surface area contributed by atoms with Crippen molar-refractivity contribution in [2.75, 3.05) is 42.1 Å². The van der Waals surface area contributed by atoms with Crippen molar-refractivity contribution in [3.63, 3.8) is 0 Å². The summed E-state index contributed by atoms with van der Waals surface area (Å²) in [6, 6.07) is 20.9. The lowest BCUT2D eigenvalue weighted by molar-refractivity contribution is -0.119. The summed E-state index contributed by atoms with van der Waals surface area (Å²) in [5, 5.41) is 2.85. The van der Waals surface area contributed by atoms with Gasteiger partial charge in [0.15, 0.2) is 11.5 Å². The molecule has 3 aromatic carbocycles. The third-order valence-electron chi connectivity index (χ3n) is 5.99. The van der Waals surface area contributed by atoms with E-state index >= 15 is 0 Å². The highest BCUT2D eigenvalue weighted by molar-refractivity contribution is 7.92. The summed E-state index contributed by atoms with van der Waals surface area (Å²) in [5.74, 6) is 0.567. The van der Waals surface area contributed by atoms with Gasteiger partial charge >= 0.3 is 0 Å². The van der Waals surface area contributed by atoms with E-state index in [-0.39, 0.29) is 18.0 Å². The summed E-state index contributed by atoms with van der Waals surface area (Å²) < 4.78 is 39.4. The molecule has 0 unspecified atom stereocenters. The lowest BCUT2D eigenvalue weighted by Crippen LogP contribution is -2.40. The summed E-state index contributed by atoms with van der Waals surface area (Å²) in [4.78, 5) is 15.3. The first kappa shape index (κ1) is 25.4. The molecule has 0 fully saturated rings. The molecule has 1 aliphatic heterocycles. The van der Waals surface area contributed by atoms with Gasteiger partial charge in [-0.1, -0.05) is 30.3 Å². The van der Waals surface area contributed by atoms with Gasteiger partial charge in [-0.2, -0.15) is 0 Å². The Morgan fingerprint density at radius 1 is 0.861 bits per heavy atom. The van der Waals surface area contributed by atoms with Crippen LogP contribution in [0.15, 0.2) is 77.7 Å². The van der Waals surface area contributed by atoms with Crippen molar-refractivity contribution in [1.29, 1.82) is 0 Å². The third-order valence-corrected chi connectivity index (χ3v) is 7.77.